The van der Waals surface area contributed by atoms with Crippen molar-refractivity contribution < 1.29 is 4.39 Å². The summed E-state index contributed by atoms with van der Waals surface area (Å²) in [6, 6.07) is 9.46. The number of benzene rings is 1. The van der Waals surface area contributed by atoms with Crippen LogP contribution in [-0.4, -0.2) is 22.6 Å². The van der Waals surface area contributed by atoms with Crippen molar-refractivity contribution in [1.29, 1.82) is 0 Å². The van der Waals surface area contributed by atoms with E-state index in [1.807, 2.05) is 6.07 Å². The zero-order valence-corrected chi connectivity index (χ0v) is 15.7. The summed E-state index contributed by atoms with van der Waals surface area (Å²) in [7, 11) is 1.73. The van der Waals surface area contributed by atoms with Crippen LogP contribution in [0.3, 0.4) is 0 Å². The van der Waals surface area contributed by atoms with E-state index in [1.165, 1.54) is 15.8 Å². The lowest BCUT2D eigenvalue weighted by atomic mass is 10.2. The Kier molecular flexibility index (Phi) is 6.01. The normalized spacial score (nSPS) is 11.6. The van der Waals surface area contributed by atoms with Gasteiger partial charge in [0.15, 0.2) is 5.96 Å². The molecule has 7 heteroatoms. The standard InChI is InChI=1S/C19H22FN5S/c1-3-15-5-6-16(26-15)12-24-19(21-2)23-11-14-4-7-18(17(20)10-14)25-9-8-22-13-25/h4-10,13H,3,11-12H2,1-2H3,(H2,21,23,24). The number of nitrogens with one attached hydrogen (secondary N) is 2. The molecule has 3 rings (SSSR count). The summed E-state index contributed by atoms with van der Waals surface area (Å²) in [5.74, 6) is 0.409. The number of aromatic nitrogens is 2. The first-order valence-electron chi connectivity index (χ1n) is 8.48. The smallest absolute Gasteiger partial charge is 0.191 e. The van der Waals surface area contributed by atoms with E-state index in [-0.39, 0.29) is 5.82 Å². The van der Waals surface area contributed by atoms with Gasteiger partial charge in [0, 0.05) is 35.7 Å². The first-order valence-corrected chi connectivity index (χ1v) is 9.30. The van der Waals surface area contributed by atoms with Crippen LogP contribution in [0, 0.1) is 5.82 Å². The van der Waals surface area contributed by atoms with Gasteiger partial charge >= 0.3 is 0 Å². The van der Waals surface area contributed by atoms with Crippen molar-refractivity contribution in [2.24, 2.45) is 4.99 Å². The summed E-state index contributed by atoms with van der Waals surface area (Å²) in [6.07, 6.45) is 5.98. The SMILES string of the molecule is CCc1ccc(CNC(=NC)NCc2ccc(-n3ccnc3)c(F)c2)s1. The van der Waals surface area contributed by atoms with Crippen LogP contribution in [0.2, 0.25) is 0 Å². The van der Waals surface area contributed by atoms with Crippen molar-refractivity contribution in [2.75, 3.05) is 7.05 Å². The van der Waals surface area contributed by atoms with Crippen LogP contribution >= 0.6 is 11.3 Å². The van der Waals surface area contributed by atoms with Crippen molar-refractivity contribution in [2.45, 2.75) is 26.4 Å². The van der Waals surface area contributed by atoms with E-state index in [1.54, 1.807) is 47.7 Å². The lowest BCUT2D eigenvalue weighted by Crippen LogP contribution is -2.36. The molecule has 0 saturated carbocycles. The average Bonchev–Trinajstić information content (AvgIpc) is 3.33. The van der Waals surface area contributed by atoms with Gasteiger partial charge in [-0.15, -0.1) is 11.3 Å². The maximum Gasteiger partial charge on any atom is 0.191 e. The average molecular weight is 371 g/mol. The molecule has 0 aliphatic rings. The first kappa shape index (κ1) is 18.1. The minimum absolute atomic E-state index is 0.282. The first-order chi connectivity index (χ1) is 12.7. The lowest BCUT2D eigenvalue weighted by molar-refractivity contribution is 0.615. The lowest BCUT2D eigenvalue weighted by Gasteiger charge is -2.12. The Morgan fingerprint density at radius 1 is 1.19 bits per heavy atom. The largest absolute Gasteiger partial charge is 0.352 e. The molecule has 0 atom stereocenters. The van der Waals surface area contributed by atoms with Crippen LogP contribution in [0.15, 0.2) is 54.0 Å². The molecular weight excluding hydrogens is 349 g/mol. The summed E-state index contributed by atoms with van der Waals surface area (Å²) in [6.45, 7) is 3.37. The second-order valence-corrected chi connectivity index (χ2v) is 7.01. The number of hydrogen-bond donors (Lipinski definition) is 2. The highest BCUT2D eigenvalue weighted by Gasteiger charge is 2.06. The van der Waals surface area contributed by atoms with Gasteiger partial charge in [-0.1, -0.05) is 13.0 Å². The van der Waals surface area contributed by atoms with Crippen molar-refractivity contribution in [3.63, 3.8) is 0 Å². The number of rotatable bonds is 6. The van der Waals surface area contributed by atoms with E-state index in [0.717, 1.165) is 18.5 Å². The Morgan fingerprint density at radius 3 is 2.65 bits per heavy atom. The molecule has 0 radical (unpaired) electrons. The molecule has 0 aliphatic carbocycles. The number of aryl methyl sites for hydroxylation is 1. The molecule has 2 heterocycles. The third-order valence-corrected chi connectivity index (χ3v) is 5.20. The third kappa shape index (κ3) is 4.49. The van der Waals surface area contributed by atoms with E-state index in [9.17, 15) is 4.39 Å². The number of halogens is 1. The van der Waals surface area contributed by atoms with Crippen molar-refractivity contribution in [1.82, 2.24) is 20.2 Å². The molecule has 0 aliphatic heterocycles. The highest BCUT2D eigenvalue weighted by atomic mass is 32.1. The van der Waals surface area contributed by atoms with Gasteiger partial charge in [-0.3, -0.25) is 4.99 Å². The Balaban J connectivity index is 1.56. The molecule has 0 spiro atoms. The number of nitrogens with zero attached hydrogens (tertiary/aromatic N) is 3. The van der Waals surface area contributed by atoms with Crippen LogP contribution in [0.25, 0.3) is 5.69 Å². The molecule has 0 unspecified atom stereocenters. The van der Waals surface area contributed by atoms with Gasteiger partial charge in [-0.2, -0.15) is 0 Å². The molecule has 1 aromatic carbocycles. The van der Waals surface area contributed by atoms with Gasteiger partial charge in [0.25, 0.3) is 0 Å². The summed E-state index contributed by atoms with van der Waals surface area (Å²) < 4.78 is 16.0. The Morgan fingerprint density at radius 2 is 2.00 bits per heavy atom. The van der Waals surface area contributed by atoms with E-state index in [2.05, 4.69) is 39.7 Å². The molecule has 0 amide bonds. The zero-order valence-electron chi connectivity index (χ0n) is 14.9. The van der Waals surface area contributed by atoms with E-state index < -0.39 is 0 Å². The fourth-order valence-electron chi connectivity index (χ4n) is 2.56. The Hall–Kier alpha value is -2.67. The quantitative estimate of drug-likeness (QED) is 0.515. The molecule has 5 nitrogen and oxygen atoms in total. The summed E-state index contributed by atoms with van der Waals surface area (Å²) in [5, 5.41) is 6.50. The minimum atomic E-state index is -0.282. The van der Waals surface area contributed by atoms with Gasteiger partial charge in [0.2, 0.25) is 0 Å². The monoisotopic (exact) mass is 371 g/mol. The Bertz CT molecular complexity index is 870. The molecular formula is C19H22FN5S. The second kappa shape index (κ2) is 8.62. The molecule has 2 N–H and O–H groups in total. The van der Waals surface area contributed by atoms with Crippen molar-refractivity contribution in [3.8, 4) is 5.69 Å². The topological polar surface area (TPSA) is 54.2 Å². The summed E-state index contributed by atoms with van der Waals surface area (Å²) in [4.78, 5) is 10.8. The fourth-order valence-corrected chi connectivity index (χ4v) is 3.45. The number of hydrogen-bond acceptors (Lipinski definition) is 3. The van der Waals surface area contributed by atoms with E-state index in [0.29, 0.717) is 18.2 Å². The van der Waals surface area contributed by atoms with Gasteiger partial charge in [0.05, 0.1) is 18.6 Å². The van der Waals surface area contributed by atoms with E-state index >= 15 is 0 Å². The minimum Gasteiger partial charge on any atom is -0.352 e. The molecule has 0 fully saturated rings. The molecule has 26 heavy (non-hydrogen) atoms. The number of imidazole rings is 1. The van der Waals surface area contributed by atoms with Crippen LogP contribution in [0.1, 0.15) is 22.2 Å². The predicted molar refractivity (Wildman–Crippen MR) is 104 cm³/mol. The summed E-state index contributed by atoms with van der Waals surface area (Å²) in [5.41, 5.74) is 1.33. The van der Waals surface area contributed by atoms with Gasteiger partial charge < -0.3 is 15.2 Å². The third-order valence-electron chi connectivity index (χ3n) is 3.97. The van der Waals surface area contributed by atoms with Crippen LogP contribution < -0.4 is 10.6 Å². The summed E-state index contributed by atoms with van der Waals surface area (Å²) >= 11 is 1.80. The molecule has 0 saturated heterocycles. The van der Waals surface area contributed by atoms with Gasteiger partial charge in [-0.25, -0.2) is 9.37 Å². The predicted octanol–water partition coefficient (Wildman–Crippen LogP) is 3.50. The molecule has 2 aromatic heterocycles. The second-order valence-electron chi connectivity index (χ2n) is 5.76. The van der Waals surface area contributed by atoms with Crippen LogP contribution in [0.5, 0.6) is 0 Å². The maximum atomic E-state index is 14.3. The molecule has 136 valence electrons. The van der Waals surface area contributed by atoms with Crippen LogP contribution in [-0.2, 0) is 19.5 Å². The maximum absolute atomic E-state index is 14.3. The van der Waals surface area contributed by atoms with Gasteiger partial charge in [-0.05, 0) is 36.2 Å². The molecule has 3 aromatic rings. The Labute approximate surface area is 156 Å². The fraction of sp³-hybridized carbons (Fsp3) is 0.263. The number of thiophene rings is 1. The number of guanidine groups is 1. The van der Waals surface area contributed by atoms with Crippen molar-refractivity contribution in [3.05, 3.63) is 70.2 Å². The van der Waals surface area contributed by atoms with Crippen LogP contribution in [0.4, 0.5) is 4.39 Å². The highest BCUT2D eigenvalue weighted by molar-refractivity contribution is 7.11. The van der Waals surface area contributed by atoms with E-state index in [4.69, 9.17) is 0 Å². The molecule has 0 bridgehead atoms. The highest BCUT2D eigenvalue weighted by Crippen LogP contribution is 2.17. The zero-order chi connectivity index (χ0) is 18.4. The number of aliphatic imine (C=N–C) groups is 1. The van der Waals surface area contributed by atoms with Gasteiger partial charge in [0.1, 0.15) is 5.82 Å². The van der Waals surface area contributed by atoms with Crippen molar-refractivity contribution >= 4 is 17.3 Å².